The second-order valence-electron chi connectivity index (χ2n) is 1.06. The molecule has 0 aromatic carbocycles. The van der Waals surface area contributed by atoms with Crippen molar-refractivity contribution < 1.29 is 56.6 Å². The molecular weight excluding hydrogens is 312 g/mol. The summed E-state index contributed by atoms with van der Waals surface area (Å²) in [5.41, 5.74) is 0. The quantitative estimate of drug-likeness (QED) is 0.317. The van der Waals surface area contributed by atoms with Gasteiger partial charge in [-0.15, -0.1) is 0 Å². The number of aliphatic carboxylic acids is 1. The third-order valence-corrected chi connectivity index (χ3v) is 0.733. The first kappa shape index (κ1) is 18.6. The van der Waals surface area contributed by atoms with Gasteiger partial charge in [-0.1, -0.05) is 0 Å². The van der Waals surface area contributed by atoms with Crippen molar-refractivity contribution in [2.45, 2.75) is 0 Å². The maximum Gasteiger partial charge on any atom is 1.00 e. The topological polar surface area (TPSA) is 104 Å². The van der Waals surface area contributed by atoms with Crippen LogP contribution in [-0.4, -0.2) is 79.5 Å². The minimum Gasteiger partial charge on any atom is 1.00 e. The Morgan fingerprint density at radius 3 is 2.00 bits per heavy atom. The van der Waals surface area contributed by atoms with Crippen molar-refractivity contribution in [3.63, 3.8) is 0 Å². The molecule has 1 N–H and O–H groups in total. The summed E-state index contributed by atoms with van der Waals surface area (Å²) in [6, 6.07) is 0. The van der Waals surface area contributed by atoms with Gasteiger partial charge in [-0.3, -0.25) is 4.18 Å². The normalized spacial score (nSPS) is 9.18. The van der Waals surface area contributed by atoms with Gasteiger partial charge >= 0.3 is 84.4 Å². The van der Waals surface area contributed by atoms with Gasteiger partial charge in [0.2, 0.25) is 10.4 Å². The first-order valence-corrected chi connectivity index (χ1v) is 3.07. The molecule has 0 spiro atoms. The second kappa shape index (κ2) is 8.51. The molecule has 0 bridgehead atoms. The molecule has 0 heterocycles. The molecule has 6 nitrogen and oxygen atoms in total. The SMILES string of the molecule is O=C(O)COS(=O)(=O)[O-].[BaH2].[Na+]. The maximum absolute atomic E-state index is 9.52. The van der Waals surface area contributed by atoms with Gasteiger partial charge in [-0.05, 0) is 0 Å². The molecule has 0 aromatic heterocycles. The molecule has 58 valence electrons. The van der Waals surface area contributed by atoms with Crippen LogP contribution in [0.25, 0.3) is 0 Å². The predicted molar refractivity (Wildman–Crippen MR) is 31.8 cm³/mol. The summed E-state index contributed by atoms with van der Waals surface area (Å²) in [6.45, 7) is -1.12. The number of rotatable bonds is 3. The van der Waals surface area contributed by atoms with Crippen molar-refractivity contribution in [1.82, 2.24) is 0 Å². The Bertz CT molecular complexity index is 199. The van der Waals surface area contributed by atoms with E-state index in [2.05, 4.69) is 4.18 Å². The van der Waals surface area contributed by atoms with Crippen molar-refractivity contribution in [1.29, 1.82) is 0 Å². The molecule has 0 fully saturated rings. The second-order valence-corrected chi connectivity index (χ2v) is 2.12. The molecule has 0 saturated heterocycles. The van der Waals surface area contributed by atoms with Crippen LogP contribution in [0.4, 0.5) is 0 Å². The van der Waals surface area contributed by atoms with E-state index in [0.29, 0.717) is 0 Å². The van der Waals surface area contributed by atoms with Crippen LogP contribution in [0.15, 0.2) is 0 Å². The van der Waals surface area contributed by atoms with Gasteiger partial charge in [0.05, 0.1) is 0 Å². The van der Waals surface area contributed by atoms with Gasteiger partial charge in [0, 0.05) is 0 Å². The minimum absolute atomic E-state index is 0. The van der Waals surface area contributed by atoms with Crippen molar-refractivity contribution in [3.05, 3.63) is 0 Å². The van der Waals surface area contributed by atoms with Gasteiger partial charge in [-0.2, -0.15) is 0 Å². The Morgan fingerprint density at radius 1 is 1.55 bits per heavy atom. The third-order valence-electron chi connectivity index (χ3n) is 0.327. The van der Waals surface area contributed by atoms with Crippen LogP contribution in [0.3, 0.4) is 0 Å². The predicted octanol–water partition coefficient (Wildman–Crippen LogP) is -5.36. The number of carboxylic acid groups (broad SMARTS) is 1. The molecule has 0 unspecified atom stereocenters. The summed E-state index contributed by atoms with van der Waals surface area (Å²) >= 11 is 0. The smallest absolute Gasteiger partial charge is 1.00 e. The monoisotopic (exact) mass is 318 g/mol. The zero-order chi connectivity index (χ0) is 7.49. The average Bonchev–Trinajstić information content (AvgIpc) is 1.59. The van der Waals surface area contributed by atoms with Gasteiger partial charge < -0.3 is 9.66 Å². The van der Waals surface area contributed by atoms with Crippen LogP contribution < -0.4 is 29.6 Å². The van der Waals surface area contributed by atoms with Crippen molar-refractivity contribution in [2.24, 2.45) is 0 Å². The zero-order valence-electron chi connectivity index (χ0n) is 5.10. The number of carbonyl (C=O) groups is 1. The molecule has 0 atom stereocenters. The van der Waals surface area contributed by atoms with E-state index in [9.17, 15) is 17.8 Å². The number of carboxylic acids is 1. The summed E-state index contributed by atoms with van der Waals surface area (Å²) in [5, 5.41) is 7.75. The fourth-order valence-electron chi connectivity index (χ4n) is 0.123. The minimum atomic E-state index is -4.85. The van der Waals surface area contributed by atoms with E-state index < -0.39 is 23.0 Å². The van der Waals surface area contributed by atoms with Crippen LogP contribution >= 0.6 is 0 Å². The summed E-state index contributed by atoms with van der Waals surface area (Å²) in [7, 11) is -4.85. The van der Waals surface area contributed by atoms with E-state index in [-0.39, 0.29) is 78.4 Å². The average molecular weight is 317 g/mol. The molecule has 0 radical (unpaired) electrons. The molecule has 0 rings (SSSR count). The molecule has 0 aliphatic heterocycles. The van der Waals surface area contributed by atoms with Crippen LogP contribution in [0.1, 0.15) is 0 Å². The maximum atomic E-state index is 9.52. The Hall–Kier alpha value is 1.91. The molecule has 0 amide bonds. The van der Waals surface area contributed by atoms with E-state index in [4.69, 9.17) is 5.11 Å². The molecular formula is C2H5BaNaO6S. The van der Waals surface area contributed by atoms with Gasteiger partial charge in [0.25, 0.3) is 0 Å². The third kappa shape index (κ3) is 18.7. The molecule has 0 aliphatic rings. The van der Waals surface area contributed by atoms with Crippen LogP contribution in [-0.2, 0) is 19.4 Å². The molecule has 0 aliphatic carbocycles. The molecule has 0 saturated carbocycles. The van der Waals surface area contributed by atoms with Gasteiger partial charge in [-0.25, -0.2) is 13.2 Å². The van der Waals surface area contributed by atoms with Crippen molar-refractivity contribution in [2.75, 3.05) is 6.61 Å². The van der Waals surface area contributed by atoms with Gasteiger partial charge in [0.15, 0.2) is 6.61 Å². The molecule has 0 aromatic rings. The Labute approximate surface area is 126 Å². The molecule has 9 heteroatoms. The van der Waals surface area contributed by atoms with Crippen LogP contribution in [0.2, 0.25) is 0 Å². The van der Waals surface area contributed by atoms with Crippen molar-refractivity contribution in [3.8, 4) is 0 Å². The Morgan fingerprint density at radius 2 is 1.91 bits per heavy atom. The number of hydrogen-bond donors (Lipinski definition) is 1. The zero-order valence-corrected chi connectivity index (χ0v) is 7.92. The fourth-order valence-corrected chi connectivity index (χ4v) is 0.368. The largest absolute Gasteiger partial charge is 1.00 e. The summed E-state index contributed by atoms with van der Waals surface area (Å²) < 4.78 is 31.8. The van der Waals surface area contributed by atoms with Crippen molar-refractivity contribution >= 4 is 65.2 Å². The molecule has 11 heavy (non-hydrogen) atoms. The van der Waals surface area contributed by atoms with E-state index in [0.717, 1.165) is 0 Å². The van der Waals surface area contributed by atoms with Crippen LogP contribution in [0, 0.1) is 0 Å². The van der Waals surface area contributed by atoms with Crippen LogP contribution in [0.5, 0.6) is 0 Å². The van der Waals surface area contributed by atoms with Gasteiger partial charge in [0.1, 0.15) is 0 Å². The Balaban J connectivity index is -0.000000320. The standard InChI is InChI=1S/C2H4O6S.Ba.Na.2H/c3-2(4)1-8-9(5,6)7;;;;/h1H2,(H,3,4)(H,5,6,7);;;;/q;;+1;;/p-1. The van der Waals surface area contributed by atoms with E-state index in [1.165, 1.54) is 0 Å². The summed E-state index contributed by atoms with van der Waals surface area (Å²) in [5.74, 6) is -1.51. The van der Waals surface area contributed by atoms with E-state index in [1.807, 2.05) is 0 Å². The summed E-state index contributed by atoms with van der Waals surface area (Å²) in [6.07, 6.45) is 0. The van der Waals surface area contributed by atoms with E-state index >= 15 is 0 Å². The number of hydrogen-bond acceptors (Lipinski definition) is 5. The Kier molecular flexibility index (Phi) is 14.4. The fraction of sp³-hybridized carbons (Fsp3) is 0.500. The first-order chi connectivity index (χ1) is 3.92. The first-order valence-electron chi connectivity index (χ1n) is 1.74. The summed E-state index contributed by atoms with van der Waals surface area (Å²) in [4.78, 5) is 9.52. The van der Waals surface area contributed by atoms with E-state index in [1.54, 1.807) is 0 Å².